The second kappa shape index (κ2) is 4.91. The zero-order valence-electron chi connectivity index (χ0n) is 7.60. The van der Waals surface area contributed by atoms with Crippen LogP contribution in [0.3, 0.4) is 0 Å². The molecule has 0 unspecified atom stereocenters. The summed E-state index contributed by atoms with van der Waals surface area (Å²) < 4.78 is 27.7. The molecule has 0 saturated heterocycles. The molecule has 0 heterocycles. The van der Waals surface area contributed by atoms with Gasteiger partial charge < -0.3 is 4.74 Å². The van der Waals surface area contributed by atoms with Crippen LogP contribution in [0, 0.1) is 5.41 Å². The molecule has 0 bridgehead atoms. The van der Waals surface area contributed by atoms with E-state index in [1.807, 2.05) is 26.8 Å². The van der Waals surface area contributed by atoms with Gasteiger partial charge in [0.15, 0.2) is 6.33 Å². The molecule has 1 nitrogen and oxygen atoms in total. The van der Waals surface area contributed by atoms with Gasteiger partial charge >= 0.3 is 6.01 Å². The lowest BCUT2D eigenvalue weighted by molar-refractivity contribution is 0.163. The second-order valence-electron chi connectivity index (χ2n) is 3.49. The second-order valence-corrected chi connectivity index (χ2v) is 3.49. The number of hydrogen-bond acceptors (Lipinski definition) is 1. The van der Waals surface area contributed by atoms with E-state index < -0.39 is 6.01 Å². The van der Waals surface area contributed by atoms with Gasteiger partial charge in [-0.3, -0.25) is 0 Å². The lowest BCUT2D eigenvalue weighted by Gasteiger charge is -2.10. The fourth-order valence-electron chi connectivity index (χ4n) is 0.561. The predicted octanol–water partition coefficient (Wildman–Crippen LogP) is 3.34. The third-order valence-electron chi connectivity index (χ3n) is 1.02. The van der Waals surface area contributed by atoms with Crippen molar-refractivity contribution in [1.82, 2.24) is 0 Å². The van der Waals surface area contributed by atoms with Crippen molar-refractivity contribution in [3.63, 3.8) is 0 Å². The minimum Gasteiger partial charge on any atom is -0.465 e. The maximum Gasteiger partial charge on any atom is 0.301 e. The topological polar surface area (TPSA) is 9.23 Å². The first-order chi connectivity index (χ1) is 5.45. The number of hydrogen-bond donors (Lipinski definition) is 0. The van der Waals surface area contributed by atoms with E-state index in [9.17, 15) is 8.78 Å². The maximum absolute atomic E-state index is 12.0. The summed E-state index contributed by atoms with van der Waals surface area (Å²) in [7, 11) is 0. The van der Waals surface area contributed by atoms with E-state index in [1.54, 1.807) is 6.08 Å². The Kier molecular flexibility index (Phi) is 4.55. The molecule has 0 aliphatic rings. The van der Waals surface area contributed by atoms with Gasteiger partial charge in [-0.05, 0) is 5.41 Å². The Bertz CT molecular complexity index is 177. The van der Waals surface area contributed by atoms with Crippen molar-refractivity contribution in [2.45, 2.75) is 20.8 Å². The van der Waals surface area contributed by atoms with E-state index in [0.717, 1.165) is 0 Å². The summed E-state index contributed by atoms with van der Waals surface area (Å²) in [5.41, 5.74) is 0.0409. The van der Waals surface area contributed by atoms with Crippen LogP contribution in [-0.2, 0) is 4.74 Å². The third-order valence-corrected chi connectivity index (χ3v) is 1.02. The molecule has 0 N–H and O–H groups in total. The van der Waals surface area contributed by atoms with E-state index in [1.165, 1.54) is 0 Å². The molecule has 0 rings (SSSR count). The van der Waals surface area contributed by atoms with Crippen LogP contribution in [0.1, 0.15) is 20.8 Å². The van der Waals surface area contributed by atoms with E-state index in [-0.39, 0.29) is 18.4 Å². The van der Waals surface area contributed by atoms with Gasteiger partial charge in [-0.2, -0.15) is 4.39 Å². The number of ether oxygens (including phenoxy) is 1. The number of allylic oxidation sites excluding steroid dienone is 1. The molecule has 0 aliphatic heterocycles. The van der Waals surface area contributed by atoms with Crippen LogP contribution in [0.2, 0.25) is 0 Å². The average Bonchev–Trinajstić information content (AvgIpc) is 1.96. The molecule has 12 heavy (non-hydrogen) atoms. The average molecular weight is 176 g/mol. The Morgan fingerprint density at radius 1 is 1.42 bits per heavy atom. The van der Waals surface area contributed by atoms with Gasteiger partial charge in [-0.1, -0.05) is 32.9 Å². The van der Waals surface area contributed by atoms with Crippen LogP contribution in [0.25, 0.3) is 0 Å². The summed E-state index contributed by atoms with van der Waals surface area (Å²) in [6, 6.07) is -1.19. The lowest BCUT2D eigenvalue weighted by atomic mass is 9.96. The first-order valence-corrected chi connectivity index (χ1v) is 3.72. The van der Waals surface area contributed by atoms with Gasteiger partial charge in [0.1, 0.15) is 6.61 Å². The number of halogens is 2. The van der Waals surface area contributed by atoms with Crippen LogP contribution in [0.5, 0.6) is 0 Å². The van der Waals surface area contributed by atoms with Crippen molar-refractivity contribution in [1.29, 1.82) is 0 Å². The van der Waals surface area contributed by atoms with Crippen molar-refractivity contribution < 1.29 is 13.5 Å². The van der Waals surface area contributed by atoms with Crippen LogP contribution in [0.15, 0.2) is 24.5 Å². The van der Waals surface area contributed by atoms with Gasteiger partial charge in [0, 0.05) is 0 Å². The quantitative estimate of drug-likeness (QED) is 0.473. The molecule has 0 atom stereocenters. The molecule has 0 spiro atoms. The largest absolute Gasteiger partial charge is 0.465 e. The van der Waals surface area contributed by atoms with Gasteiger partial charge in [0.25, 0.3) is 0 Å². The molecule has 0 fully saturated rings. The Morgan fingerprint density at radius 3 is 2.42 bits per heavy atom. The summed E-state index contributed by atoms with van der Waals surface area (Å²) in [6.45, 7) is 6.07. The van der Waals surface area contributed by atoms with E-state index in [0.29, 0.717) is 0 Å². The maximum atomic E-state index is 12.0. The monoisotopic (exact) mass is 176 g/mol. The molecule has 3 heteroatoms. The summed E-state index contributed by atoms with van der Waals surface area (Å²) >= 11 is 0. The van der Waals surface area contributed by atoms with Gasteiger partial charge in [-0.25, -0.2) is 4.39 Å². The highest BCUT2D eigenvalue weighted by Crippen LogP contribution is 2.14. The Labute approximate surface area is 71.7 Å². The SMILES string of the molecule is CC(C)(C)/C=C/CO/C(F)=C/F. The highest BCUT2D eigenvalue weighted by molar-refractivity contribution is 4.92. The van der Waals surface area contributed by atoms with Crippen LogP contribution < -0.4 is 0 Å². The van der Waals surface area contributed by atoms with Crippen molar-refractivity contribution in [2.75, 3.05) is 6.61 Å². The predicted molar refractivity (Wildman–Crippen MR) is 44.8 cm³/mol. The van der Waals surface area contributed by atoms with Crippen molar-refractivity contribution in [2.24, 2.45) is 5.41 Å². The first-order valence-electron chi connectivity index (χ1n) is 3.72. The zero-order chi connectivity index (χ0) is 9.61. The molecule has 0 saturated carbocycles. The van der Waals surface area contributed by atoms with Crippen LogP contribution >= 0.6 is 0 Å². The Balaban J connectivity index is 3.64. The standard InChI is InChI=1S/C9H14F2O/c1-9(2,3)5-4-6-12-8(11)7-10/h4-5,7H,6H2,1-3H3/b5-4+,8-7+. The fourth-order valence-corrected chi connectivity index (χ4v) is 0.561. The normalized spacial score (nSPS) is 13.9. The smallest absolute Gasteiger partial charge is 0.301 e. The fraction of sp³-hybridized carbons (Fsp3) is 0.556. The highest BCUT2D eigenvalue weighted by atomic mass is 19.2. The van der Waals surface area contributed by atoms with Gasteiger partial charge in [0.2, 0.25) is 0 Å². The van der Waals surface area contributed by atoms with Crippen molar-refractivity contribution >= 4 is 0 Å². The number of rotatable bonds is 3. The minimum absolute atomic E-state index is 0.0409. The van der Waals surface area contributed by atoms with Crippen molar-refractivity contribution in [3.05, 3.63) is 24.5 Å². The molecule has 0 aromatic rings. The molecule has 0 radical (unpaired) electrons. The third kappa shape index (κ3) is 7.25. The molecule has 0 amide bonds. The zero-order valence-corrected chi connectivity index (χ0v) is 7.60. The van der Waals surface area contributed by atoms with Crippen molar-refractivity contribution in [3.8, 4) is 0 Å². The highest BCUT2D eigenvalue weighted by Gasteiger charge is 2.02. The Morgan fingerprint density at radius 2 is 2.00 bits per heavy atom. The van der Waals surface area contributed by atoms with Gasteiger partial charge in [0.05, 0.1) is 0 Å². The molecule has 0 aliphatic carbocycles. The van der Waals surface area contributed by atoms with E-state index in [2.05, 4.69) is 4.74 Å². The Hall–Kier alpha value is -0.860. The summed E-state index contributed by atoms with van der Waals surface area (Å²) in [5.74, 6) is 0. The molecule has 0 aromatic carbocycles. The molecule has 70 valence electrons. The van der Waals surface area contributed by atoms with E-state index >= 15 is 0 Å². The molecular formula is C9H14F2O. The molecular weight excluding hydrogens is 162 g/mol. The van der Waals surface area contributed by atoms with Crippen LogP contribution in [0.4, 0.5) is 8.78 Å². The lowest BCUT2D eigenvalue weighted by Crippen LogP contribution is -1.99. The van der Waals surface area contributed by atoms with Crippen LogP contribution in [-0.4, -0.2) is 6.61 Å². The molecule has 0 aromatic heterocycles. The first kappa shape index (κ1) is 11.1. The van der Waals surface area contributed by atoms with Gasteiger partial charge in [-0.15, -0.1) is 0 Å². The minimum atomic E-state index is -1.19. The van der Waals surface area contributed by atoms with E-state index in [4.69, 9.17) is 0 Å². The summed E-state index contributed by atoms with van der Waals surface area (Å²) in [5, 5.41) is 0. The summed E-state index contributed by atoms with van der Waals surface area (Å²) in [6.07, 6.45) is 3.33. The summed E-state index contributed by atoms with van der Waals surface area (Å²) in [4.78, 5) is 0.